The largest absolute Gasteiger partial charge is 0.332 e. The van der Waals surface area contributed by atoms with Crippen molar-refractivity contribution in [1.29, 1.82) is 0 Å². The Labute approximate surface area is 113 Å². The molecule has 17 heavy (non-hydrogen) atoms. The molecule has 0 saturated heterocycles. The first kappa shape index (κ1) is 12.5. The van der Waals surface area contributed by atoms with Gasteiger partial charge in [-0.15, -0.1) is 11.3 Å². The molecule has 2 aromatic rings. The van der Waals surface area contributed by atoms with Crippen molar-refractivity contribution in [3.8, 4) is 0 Å². The average molecular weight is 312 g/mol. The summed E-state index contributed by atoms with van der Waals surface area (Å²) in [5.74, 6) is 0. The second-order valence-electron chi connectivity index (χ2n) is 3.96. The molecule has 0 saturated carbocycles. The van der Waals surface area contributed by atoms with Crippen LogP contribution in [0.1, 0.15) is 24.2 Å². The molecule has 90 valence electrons. The Balaban J connectivity index is 2.16. The van der Waals surface area contributed by atoms with Crippen LogP contribution in [0.2, 0.25) is 0 Å². The zero-order valence-electron chi connectivity index (χ0n) is 9.70. The molecule has 0 fully saturated rings. The van der Waals surface area contributed by atoms with Crippen LogP contribution in [0.25, 0.3) is 0 Å². The van der Waals surface area contributed by atoms with Gasteiger partial charge in [-0.25, -0.2) is 4.98 Å². The van der Waals surface area contributed by atoms with Gasteiger partial charge < -0.3 is 11.1 Å². The number of rotatable bonds is 3. The van der Waals surface area contributed by atoms with Crippen LogP contribution in [0.15, 0.2) is 28.1 Å². The maximum atomic E-state index is 5.77. The van der Waals surface area contributed by atoms with Crippen molar-refractivity contribution in [3.05, 3.63) is 39.3 Å². The molecule has 1 aromatic heterocycles. The van der Waals surface area contributed by atoms with Crippen LogP contribution in [0.3, 0.4) is 0 Å². The zero-order chi connectivity index (χ0) is 12.4. The van der Waals surface area contributed by atoms with E-state index in [1.807, 2.05) is 24.4 Å². The Kier molecular flexibility index (Phi) is 3.81. The van der Waals surface area contributed by atoms with Crippen LogP contribution in [0.4, 0.5) is 10.8 Å². The van der Waals surface area contributed by atoms with Gasteiger partial charge in [-0.2, -0.15) is 0 Å². The maximum Gasteiger partial charge on any atom is 0.187 e. The minimum atomic E-state index is -0.0217. The third-order valence-electron chi connectivity index (χ3n) is 2.41. The fraction of sp³-hybridized carbons (Fsp3) is 0.250. The van der Waals surface area contributed by atoms with Crippen molar-refractivity contribution in [3.63, 3.8) is 0 Å². The smallest absolute Gasteiger partial charge is 0.187 e. The van der Waals surface area contributed by atoms with Crippen LogP contribution >= 0.6 is 27.3 Å². The van der Waals surface area contributed by atoms with E-state index < -0.39 is 0 Å². The van der Waals surface area contributed by atoms with E-state index in [1.54, 1.807) is 11.3 Å². The number of nitrogens with zero attached hydrogens (tertiary/aromatic N) is 1. The normalized spacial score (nSPS) is 12.5. The number of benzene rings is 1. The minimum absolute atomic E-state index is 0.0217. The highest BCUT2D eigenvalue weighted by Gasteiger charge is 2.06. The van der Waals surface area contributed by atoms with Crippen LogP contribution in [0.5, 0.6) is 0 Å². The highest BCUT2D eigenvalue weighted by molar-refractivity contribution is 9.10. The highest BCUT2D eigenvalue weighted by atomic mass is 79.9. The Morgan fingerprint density at radius 3 is 2.82 bits per heavy atom. The number of anilines is 2. The summed E-state index contributed by atoms with van der Waals surface area (Å²) in [7, 11) is 0. The molecule has 1 heterocycles. The lowest BCUT2D eigenvalue weighted by atomic mass is 10.2. The molecule has 1 unspecified atom stereocenters. The van der Waals surface area contributed by atoms with E-state index in [2.05, 4.69) is 39.2 Å². The molecule has 0 amide bonds. The lowest BCUT2D eigenvalue weighted by Gasteiger charge is -2.05. The van der Waals surface area contributed by atoms with Gasteiger partial charge in [0.2, 0.25) is 0 Å². The lowest BCUT2D eigenvalue weighted by molar-refractivity contribution is 0.790. The molecule has 5 heteroatoms. The van der Waals surface area contributed by atoms with Gasteiger partial charge in [0.25, 0.3) is 0 Å². The van der Waals surface area contributed by atoms with E-state index in [0.29, 0.717) is 0 Å². The van der Waals surface area contributed by atoms with Crippen LogP contribution in [0, 0.1) is 6.92 Å². The first-order chi connectivity index (χ1) is 8.06. The molecule has 2 rings (SSSR count). The number of halogens is 1. The number of aromatic nitrogens is 1. The topological polar surface area (TPSA) is 50.9 Å². The zero-order valence-corrected chi connectivity index (χ0v) is 12.1. The summed E-state index contributed by atoms with van der Waals surface area (Å²) in [6, 6.07) is 6.12. The summed E-state index contributed by atoms with van der Waals surface area (Å²) in [5.41, 5.74) is 8.93. The number of nitrogens with one attached hydrogen (secondary N) is 1. The van der Waals surface area contributed by atoms with Gasteiger partial charge in [0.15, 0.2) is 5.13 Å². The van der Waals surface area contributed by atoms with Gasteiger partial charge in [0, 0.05) is 21.6 Å². The summed E-state index contributed by atoms with van der Waals surface area (Å²) in [6.45, 7) is 3.99. The lowest BCUT2D eigenvalue weighted by Crippen LogP contribution is -2.05. The van der Waals surface area contributed by atoms with Crippen molar-refractivity contribution in [2.75, 3.05) is 5.32 Å². The summed E-state index contributed by atoms with van der Waals surface area (Å²) >= 11 is 5.08. The van der Waals surface area contributed by atoms with Crippen molar-refractivity contribution < 1.29 is 0 Å². The molecule has 1 aromatic carbocycles. The van der Waals surface area contributed by atoms with E-state index >= 15 is 0 Å². The summed E-state index contributed by atoms with van der Waals surface area (Å²) < 4.78 is 1.09. The van der Waals surface area contributed by atoms with Gasteiger partial charge in [0.1, 0.15) is 0 Å². The van der Waals surface area contributed by atoms with E-state index in [-0.39, 0.29) is 6.04 Å². The fourth-order valence-electron chi connectivity index (χ4n) is 1.35. The third kappa shape index (κ3) is 3.06. The van der Waals surface area contributed by atoms with E-state index in [0.717, 1.165) is 21.0 Å². The predicted molar refractivity (Wildman–Crippen MR) is 76.9 cm³/mol. The highest BCUT2D eigenvalue weighted by Crippen LogP contribution is 2.26. The third-order valence-corrected chi connectivity index (χ3v) is 4.04. The molecule has 0 aliphatic heterocycles. The molecule has 0 spiro atoms. The molecule has 3 N–H and O–H groups in total. The number of hydrogen-bond donors (Lipinski definition) is 2. The number of thiazole rings is 1. The van der Waals surface area contributed by atoms with E-state index in [1.165, 1.54) is 5.56 Å². The number of hydrogen-bond acceptors (Lipinski definition) is 4. The molecular formula is C12H14BrN3S. The SMILES string of the molecule is Cc1ccc(Nc2nc(C(C)N)cs2)cc1Br. The second-order valence-corrected chi connectivity index (χ2v) is 5.67. The fourth-order valence-corrected chi connectivity index (χ4v) is 2.56. The monoisotopic (exact) mass is 311 g/mol. The Hall–Kier alpha value is -0.910. The number of nitrogens with two attached hydrogens (primary N) is 1. The molecule has 3 nitrogen and oxygen atoms in total. The second kappa shape index (κ2) is 5.16. The van der Waals surface area contributed by atoms with Gasteiger partial charge in [-0.3, -0.25) is 0 Å². The number of aryl methyl sites for hydroxylation is 1. The van der Waals surface area contributed by atoms with Crippen LogP contribution < -0.4 is 11.1 Å². The van der Waals surface area contributed by atoms with Gasteiger partial charge >= 0.3 is 0 Å². The molecule has 0 bridgehead atoms. The Bertz CT molecular complexity index is 522. The molecule has 1 atom stereocenters. The van der Waals surface area contributed by atoms with Crippen molar-refractivity contribution in [2.24, 2.45) is 5.73 Å². The van der Waals surface area contributed by atoms with Crippen LogP contribution in [-0.4, -0.2) is 4.98 Å². The molecule has 0 aliphatic carbocycles. The standard InChI is InChI=1S/C12H14BrN3S/c1-7-3-4-9(5-10(7)13)15-12-16-11(6-17-12)8(2)14/h3-6,8H,14H2,1-2H3,(H,15,16). The van der Waals surface area contributed by atoms with E-state index in [9.17, 15) is 0 Å². The van der Waals surface area contributed by atoms with Crippen molar-refractivity contribution in [1.82, 2.24) is 4.98 Å². The predicted octanol–water partition coefficient (Wildman–Crippen LogP) is 3.98. The van der Waals surface area contributed by atoms with Gasteiger partial charge in [-0.05, 0) is 31.5 Å². The first-order valence-electron chi connectivity index (χ1n) is 5.30. The first-order valence-corrected chi connectivity index (χ1v) is 6.97. The Morgan fingerprint density at radius 1 is 1.47 bits per heavy atom. The Morgan fingerprint density at radius 2 is 2.24 bits per heavy atom. The van der Waals surface area contributed by atoms with Crippen LogP contribution in [-0.2, 0) is 0 Å². The van der Waals surface area contributed by atoms with E-state index in [4.69, 9.17) is 5.73 Å². The summed E-state index contributed by atoms with van der Waals surface area (Å²) in [6.07, 6.45) is 0. The molecular weight excluding hydrogens is 298 g/mol. The molecule has 0 radical (unpaired) electrons. The van der Waals surface area contributed by atoms with Crippen molar-refractivity contribution in [2.45, 2.75) is 19.9 Å². The maximum absolute atomic E-state index is 5.77. The van der Waals surface area contributed by atoms with Gasteiger partial charge in [-0.1, -0.05) is 22.0 Å². The quantitative estimate of drug-likeness (QED) is 0.901. The summed E-state index contributed by atoms with van der Waals surface area (Å²) in [5, 5.41) is 6.12. The van der Waals surface area contributed by atoms with Crippen molar-refractivity contribution >= 4 is 38.1 Å². The molecule has 0 aliphatic rings. The van der Waals surface area contributed by atoms with Gasteiger partial charge in [0.05, 0.1) is 5.69 Å². The average Bonchev–Trinajstić information content (AvgIpc) is 2.72. The summed E-state index contributed by atoms with van der Waals surface area (Å²) in [4.78, 5) is 4.42. The minimum Gasteiger partial charge on any atom is -0.332 e.